The summed E-state index contributed by atoms with van der Waals surface area (Å²) in [5.74, 6) is 4.79. The van der Waals surface area contributed by atoms with Crippen LogP contribution in [0.25, 0.3) is 0 Å². The summed E-state index contributed by atoms with van der Waals surface area (Å²) in [6.07, 6.45) is 0. The molecule has 0 aliphatic heterocycles. The molecule has 0 spiro atoms. The van der Waals surface area contributed by atoms with Gasteiger partial charge in [-0.05, 0) is 12.1 Å². The average Bonchev–Trinajstić information content (AvgIpc) is 2.93. The van der Waals surface area contributed by atoms with Crippen LogP contribution in [0.2, 0.25) is 0 Å². The monoisotopic (exact) mass is 310 g/mol. The lowest BCUT2D eigenvalue weighted by molar-refractivity contribution is -0.121. The number of aliphatic hydroxyl groups is 1. The zero-order chi connectivity index (χ0) is 15.7. The number of hydrogen-bond donors (Lipinski definition) is 2. The number of amides is 2. The Labute approximate surface area is 127 Å². The van der Waals surface area contributed by atoms with Crippen molar-refractivity contribution in [3.63, 3.8) is 0 Å². The van der Waals surface area contributed by atoms with Crippen molar-refractivity contribution in [2.45, 2.75) is 0 Å². The summed E-state index contributed by atoms with van der Waals surface area (Å²) >= 11 is 1.23. The molecule has 0 aliphatic rings. The van der Waals surface area contributed by atoms with Gasteiger partial charge in [0.2, 0.25) is 5.91 Å². The van der Waals surface area contributed by atoms with Crippen molar-refractivity contribution in [3.05, 3.63) is 21.9 Å². The molecule has 6 nitrogen and oxygen atoms in total. The van der Waals surface area contributed by atoms with Crippen LogP contribution in [0.4, 0.5) is 0 Å². The molecule has 1 heterocycles. The molecular formula is C14H18N2O4S. The number of nitrogens with one attached hydrogen (secondary N) is 1. The first-order chi connectivity index (χ1) is 10.1. The molecule has 0 aliphatic carbocycles. The highest BCUT2D eigenvalue weighted by Gasteiger charge is 2.16. The van der Waals surface area contributed by atoms with Crippen LogP contribution in [0.3, 0.4) is 0 Å². The molecule has 1 rings (SSSR count). The summed E-state index contributed by atoms with van der Waals surface area (Å²) in [6, 6.07) is 3.38. The normalized spacial score (nSPS) is 9.67. The quantitative estimate of drug-likeness (QED) is 0.569. The SMILES string of the molecule is COCCNC(=O)CN(C)C(=O)c1ccc(C#CCO)s1. The molecule has 0 bridgehead atoms. The van der Waals surface area contributed by atoms with E-state index in [2.05, 4.69) is 17.2 Å². The third-order valence-corrected chi connectivity index (χ3v) is 3.45. The largest absolute Gasteiger partial charge is 0.384 e. The summed E-state index contributed by atoms with van der Waals surface area (Å²) in [7, 11) is 3.12. The number of rotatable bonds is 6. The summed E-state index contributed by atoms with van der Waals surface area (Å²) in [6.45, 7) is 0.610. The van der Waals surface area contributed by atoms with Crippen molar-refractivity contribution in [1.82, 2.24) is 10.2 Å². The van der Waals surface area contributed by atoms with Crippen LogP contribution >= 0.6 is 11.3 Å². The predicted molar refractivity (Wildman–Crippen MR) is 80.1 cm³/mol. The second-order valence-electron chi connectivity index (χ2n) is 4.13. The number of methoxy groups -OCH3 is 1. The summed E-state index contributed by atoms with van der Waals surface area (Å²) < 4.78 is 4.82. The number of nitrogens with zero attached hydrogens (tertiary/aromatic N) is 1. The molecule has 21 heavy (non-hydrogen) atoms. The van der Waals surface area contributed by atoms with Crippen molar-refractivity contribution in [2.24, 2.45) is 0 Å². The molecule has 0 radical (unpaired) electrons. The molecule has 0 unspecified atom stereocenters. The summed E-state index contributed by atoms with van der Waals surface area (Å²) in [5, 5.41) is 11.3. The zero-order valence-electron chi connectivity index (χ0n) is 12.0. The minimum atomic E-state index is -0.237. The van der Waals surface area contributed by atoms with Gasteiger partial charge in [0.1, 0.15) is 6.61 Å². The number of thiophene rings is 1. The molecule has 7 heteroatoms. The molecule has 0 fully saturated rings. The van der Waals surface area contributed by atoms with Crippen molar-refractivity contribution in [2.75, 3.05) is 40.5 Å². The Hall–Kier alpha value is -1.88. The Balaban J connectivity index is 2.53. The second-order valence-corrected chi connectivity index (χ2v) is 5.21. The molecule has 0 saturated heterocycles. The fourth-order valence-electron chi connectivity index (χ4n) is 1.47. The highest BCUT2D eigenvalue weighted by Crippen LogP contribution is 2.16. The number of hydrogen-bond acceptors (Lipinski definition) is 5. The standard InChI is InChI=1S/C14H18N2O4S/c1-16(10-13(18)15-7-9-20-2)14(19)12-6-5-11(21-12)4-3-8-17/h5-6,17H,7-10H2,1-2H3,(H,15,18). The first-order valence-corrected chi connectivity index (χ1v) is 7.10. The fourth-order valence-corrected chi connectivity index (χ4v) is 2.35. The Bertz CT molecular complexity index is 545. The van der Waals surface area contributed by atoms with Crippen LogP contribution < -0.4 is 5.32 Å². The summed E-state index contributed by atoms with van der Waals surface area (Å²) in [5.41, 5.74) is 0. The van der Waals surface area contributed by atoms with Crippen LogP contribution in [-0.4, -0.2) is 62.3 Å². The van der Waals surface area contributed by atoms with E-state index in [0.29, 0.717) is 22.9 Å². The zero-order valence-corrected chi connectivity index (χ0v) is 12.8. The molecule has 0 aromatic carbocycles. The van der Waals surface area contributed by atoms with Gasteiger partial charge in [0.15, 0.2) is 0 Å². The third kappa shape index (κ3) is 5.95. The fraction of sp³-hybridized carbons (Fsp3) is 0.429. The number of ether oxygens (including phenoxy) is 1. The van der Waals surface area contributed by atoms with E-state index in [9.17, 15) is 9.59 Å². The molecule has 1 aromatic heterocycles. The minimum absolute atomic E-state index is 0.0158. The van der Waals surface area contributed by atoms with E-state index in [1.807, 2.05) is 0 Å². The molecule has 1 aromatic rings. The third-order valence-electron chi connectivity index (χ3n) is 2.46. The average molecular weight is 310 g/mol. The molecule has 0 atom stereocenters. The maximum absolute atomic E-state index is 12.1. The lowest BCUT2D eigenvalue weighted by atomic mass is 10.3. The first kappa shape index (κ1) is 17.2. The Kier molecular flexibility index (Phi) is 7.46. The van der Waals surface area contributed by atoms with E-state index >= 15 is 0 Å². The first-order valence-electron chi connectivity index (χ1n) is 6.29. The maximum atomic E-state index is 12.1. The van der Waals surface area contributed by atoms with E-state index < -0.39 is 0 Å². The van der Waals surface area contributed by atoms with Gasteiger partial charge in [0.05, 0.1) is 22.9 Å². The van der Waals surface area contributed by atoms with Gasteiger partial charge in [-0.1, -0.05) is 11.8 Å². The van der Waals surface area contributed by atoms with Crippen molar-refractivity contribution in [1.29, 1.82) is 0 Å². The molecular weight excluding hydrogens is 292 g/mol. The van der Waals surface area contributed by atoms with Gasteiger partial charge in [-0.15, -0.1) is 11.3 Å². The van der Waals surface area contributed by atoms with Crippen LogP contribution in [0, 0.1) is 11.8 Å². The Morgan fingerprint density at radius 2 is 2.24 bits per heavy atom. The lowest BCUT2D eigenvalue weighted by Crippen LogP contribution is -2.39. The van der Waals surface area contributed by atoms with Gasteiger partial charge in [-0.2, -0.15) is 0 Å². The number of carbonyl (C=O) groups is 2. The Morgan fingerprint density at radius 1 is 1.48 bits per heavy atom. The van der Waals surface area contributed by atoms with E-state index in [-0.39, 0.29) is 25.0 Å². The van der Waals surface area contributed by atoms with E-state index in [4.69, 9.17) is 9.84 Å². The van der Waals surface area contributed by atoms with E-state index in [1.54, 1.807) is 26.3 Å². The minimum Gasteiger partial charge on any atom is -0.384 e. The van der Waals surface area contributed by atoms with Crippen LogP contribution in [0.5, 0.6) is 0 Å². The number of aliphatic hydroxyl groups excluding tert-OH is 1. The number of carbonyl (C=O) groups excluding carboxylic acids is 2. The van der Waals surface area contributed by atoms with Gasteiger partial charge < -0.3 is 20.1 Å². The van der Waals surface area contributed by atoms with Gasteiger partial charge >= 0.3 is 0 Å². The van der Waals surface area contributed by atoms with Gasteiger partial charge in [0.25, 0.3) is 5.91 Å². The smallest absolute Gasteiger partial charge is 0.264 e. The van der Waals surface area contributed by atoms with Crippen molar-refractivity contribution < 1.29 is 19.4 Å². The topological polar surface area (TPSA) is 78.9 Å². The van der Waals surface area contributed by atoms with Crippen LogP contribution in [0.1, 0.15) is 14.5 Å². The molecule has 2 amide bonds. The number of likely N-dealkylation sites (N-methyl/N-ethyl adjacent to an activating group) is 1. The molecule has 2 N–H and O–H groups in total. The van der Waals surface area contributed by atoms with Gasteiger partial charge in [-0.25, -0.2) is 0 Å². The highest BCUT2D eigenvalue weighted by molar-refractivity contribution is 7.14. The Morgan fingerprint density at radius 3 is 2.90 bits per heavy atom. The van der Waals surface area contributed by atoms with E-state index in [0.717, 1.165) is 0 Å². The highest BCUT2D eigenvalue weighted by atomic mass is 32.1. The van der Waals surface area contributed by atoms with E-state index in [1.165, 1.54) is 16.2 Å². The van der Waals surface area contributed by atoms with Crippen LogP contribution in [-0.2, 0) is 9.53 Å². The summed E-state index contributed by atoms with van der Waals surface area (Å²) in [4.78, 5) is 26.3. The lowest BCUT2D eigenvalue weighted by Gasteiger charge is -2.15. The van der Waals surface area contributed by atoms with Crippen molar-refractivity contribution in [3.8, 4) is 11.8 Å². The van der Waals surface area contributed by atoms with Gasteiger partial charge in [-0.3, -0.25) is 9.59 Å². The van der Waals surface area contributed by atoms with Gasteiger partial charge in [0, 0.05) is 20.7 Å². The van der Waals surface area contributed by atoms with Crippen LogP contribution in [0.15, 0.2) is 12.1 Å². The second kappa shape index (κ2) is 9.13. The van der Waals surface area contributed by atoms with Crippen molar-refractivity contribution >= 4 is 23.2 Å². The predicted octanol–water partition coefficient (Wildman–Crippen LogP) is -0.0735. The molecule has 0 saturated carbocycles. The maximum Gasteiger partial charge on any atom is 0.264 e. The molecule has 114 valence electrons.